The van der Waals surface area contributed by atoms with Crippen molar-refractivity contribution < 1.29 is 4.74 Å². The molecule has 0 aliphatic rings. The Labute approximate surface area is 71.5 Å². The van der Waals surface area contributed by atoms with Gasteiger partial charge in [0.25, 0.3) is 0 Å². The SMILES string of the molecule is CCn1ccc(OC)c1SC. The Morgan fingerprint density at radius 3 is 2.82 bits per heavy atom. The van der Waals surface area contributed by atoms with Crippen molar-refractivity contribution in [3.8, 4) is 5.75 Å². The van der Waals surface area contributed by atoms with Crippen LogP contribution in [0.25, 0.3) is 0 Å². The lowest BCUT2D eigenvalue weighted by molar-refractivity contribution is 0.400. The molecule has 0 aliphatic carbocycles. The summed E-state index contributed by atoms with van der Waals surface area (Å²) in [6.07, 6.45) is 4.11. The Morgan fingerprint density at radius 1 is 1.64 bits per heavy atom. The summed E-state index contributed by atoms with van der Waals surface area (Å²) in [6.45, 7) is 3.12. The maximum absolute atomic E-state index is 5.18. The molecule has 0 aromatic carbocycles. The summed E-state index contributed by atoms with van der Waals surface area (Å²) >= 11 is 1.72. The van der Waals surface area contributed by atoms with E-state index in [0.717, 1.165) is 12.3 Å². The fourth-order valence-electron chi connectivity index (χ4n) is 1.06. The molecule has 62 valence electrons. The molecular weight excluding hydrogens is 158 g/mol. The average Bonchev–Trinajstić information content (AvgIpc) is 2.45. The third-order valence-electron chi connectivity index (χ3n) is 1.63. The highest BCUT2D eigenvalue weighted by Crippen LogP contribution is 2.28. The Bertz CT molecular complexity index is 210. The molecule has 0 bridgehead atoms. The molecule has 0 unspecified atom stereocenters. The van der Waals surface area contributed by atoms with Gasteiger partial charge in [-0.3, -0.25) is 0 Å². The molecule has 1 aromatic rings. The van der Waals surface area contributed by atoms with Crippen LogP contribution >= 0.6 is 11.8 Å². The van der Waals surface area contributed by atoms with Crippen molar-refractivity contribution >= 4 is 11.8 Å². The minimum atomic E-state index is 0.972. The molecule has 0 atom stereocenters. The van der Waals surface area contributed by atoms with Gasteiger partial charge >= 0.3 is 0 Å². The Kier molecular flexibility index (Phi) is 2.88. The maximum Gasteiger partial charge on any atom is 0.150 e. The van der Waals surface area contributed by atoms with Crippen molar-refractivity contribution in [1.82, 2.24) is 4.57 Å². The summed E-state index contributed by atoms with van der Waals surface area (Å²) < 4.78 is 7.35. The molecule has 0 N–H and O–H groups in total. The largest absolute Gasteiger partial charge is 0.494 e. The van der Waals surface area contributed by atoms with Gasteiger partial charge in [-0.25, -0.2) is 0 Å². The Balaban J connectivity index is 2.99. The number of hydrogen-bond donors (Lipinski definition) is 0. The number of rotatable bonds is 3. The van der Waals surface area contributed by atoms with Gasteiger partial charge in [0.15, 0.2) is 5.75 Å². The van der Waals surface area contributed by atoms with Crippen LogP contribution in [0.5, 0.6) is 5.75 Å². The van der Waals surface area contributed by atoms with Gasteiger partial charge in [-0.05, 0) is 19.2 Å². The van der Waals surface area contributed by atoms with Crippen molar-refractivity contribution in [2.24, 2.45) is 0 Å². The van der Waals surface area contributed by atoms with Gasteiger partial charge in [-0.2, -0.15) is 0 Å². The number of hydrogen-bond acceptors (Lipinski definition) is 2. The molecule has 1 rings (SSSR count). The highest BCUT2D eigenvalue weighted by atomic mass is 32.2. The highest BCUT2D eigenvalue weighted by Gasteiger charge is 2.05. The lowest BCUT2D eigenvalue weighted by atomic mass is 10.6. The number of ether oxygens (including phenoxy) is 1. The van der Waals surface area contributed by atoms with E-state index in [2.05, 4.69) is 17.7 Å². The molecule has 0 saturated carbocycles. The normalized spacial score (nSPS) is 10.1. The lowest BCUT2D eigenvalue weighted by Gasteiger charge is -2.04. The standard InChI is InChI=1S/C8H13NOS/c1-4-9-6-5-7(10-2)8(9)11-3/h5-6H,4H2,1-3H3. The zero-order chi connectivity index (χ0) is 8.27. The summed E-state index contributed by atoms with van der Waals surface area (Å²) in [5, 5.41) is 1.20. The van der Waals surface area contributed by atoms with Gasteiger partial charge in [0, 0.05) is 12.7 Å². The van der Waals surface area contributed by atoms with Crippen LogP contribution in [0, 0.1) is 0 Å². The smallest absolute Gasteiger partial charge is 0.150 e. The van der Waals surface area contributed by atoms with Gasteiger partial charge < -0.3 is 9.30 Å². The molecule has 2 nitrogen and oxygen atoms in total. The first-order valence-corrected chi connectivity index (χ1v) is 4.83. The van der Waals surface area contributed by atoms with Crippen LogP contribution in [0.4, 0.5) is 0 Å². The fourth-order valence-corrected chi connectivity index (χ4v) is 1.84. The number of methoxy groups -OCH3 is 1. The van der Waals surface area contributed by atoms with Crippen LogP contribution in [0.15, 0.2) is 17.3 Å². The minimum absolute atomic E-state index is 0.972. The number of aryl methyl sites for hydroxylation is 1. The van der Waals surface area contributed by atoms with E-state index in [1.165, 1.54) is 5.03 Å². The molecule has 0 aliphatic heterocycles. The molecule has 1 aromatic heterocycles. The van der Waals surface area contributed by atoms with Gasteiger partial charge in [0.1, 0.15) is 5.03 Å². The molecule has 3 heteroatoms. The highest BCUT2D eigenvalue weighted by molar-refractivity contribution is 7.98. The summed E-state index contributed by atoms with van der Waals surface area (Å²) in [6, 6.07) is 2.00. The van der Waals surface area contributed by atoms with Crippen molar-refractivity contribution in [2.45, 2.75) is 18.5 Å². The molecule has 0 radical (unpaired) electrons. The van der Waals surface area contributed by atoms with Crippen molar-refractivity contribution in [1.29, 1.82) is 0 Å². The molecule has 0 spiro atoms. The fraction of sp³-hybridized carbons (Fsp3) is 0.500. The van der Waals surface area contributed by atoms with Crippen molar-refractivity contribution in [3.63, 3.8) is 0 Å². The van der Waals surface area contributed by atoms with Gasteiger partial charge in [-0.15, -0.1) is 11.8 Å². The number of thioether (sulfide) groups is 1. The molecule has 11 heavy (non-hydrogen) atoms. The summed E-state index contributed by atoms with van der Waals surface area (Å²) in [7, 11) is 1.70. The van der Waals surface area contributed by atoms with Gasteiger partial charge in [0.05, 0.1) is 7.11 Å². The first-order chi connectivity index (χ1) is 5.33. The number of aromatic nitrogens is 1. The van der Waals surface area contributed by atoms with E-state index in [9.17, 15) is 0 Å². The van der Waals surface area contributed by atoms with E-state index in [0.29, 0.717) is 0 Å². The number of nitrogens with zero attached hydrogens (tertiary/aromatic N) is 1. The zero-order valence-corrected chi connectivity index (χ0v) is 7.94. The van der Waals surface area contributed by atoms with Crippen LogP contribution in [0.1, 0.15) is 6.92 Å². The third-order valence-corrected chi connectivity index (χ3v) is 2.45. The second-order valence-corrected chi connectivity index (χ2v) is 2.97. The quantitative estimate of drug-likeness (QED) is 0.647. The lowest BCUT2D eigenvalue weighted by Crippen LogP contribution is -1.93. The van der Waals surface area contributed by atoms with Crippen LogP contribution in [-0.4, -0.2) is 17.9 Å². The minimum Gasteiger partial charge on any atom is -0.494 e. The van der Waals surface area contributed by atoms with Crippen LogP contribution in [-0.2, 0) is 6.54 Å². The Morgan fingerprint density at radius 2 is 2.36 bits per heavy atom. The van der Waals surface area contributed by atoms with Gasteiger partial charge in [-0.1, -0.05) is 0 Å². The molecule has 0 amide bonds. The summed E-state index contributed by atoms with van der Waals surface area (Å²) in [5.41, 5.74) is 0. The third kappa shape index (κ3) is 1.53. The second kappa shape index (κ2) is 3.72. The van der Waals surface area contributed by atoms with Gasteiger partial charge in [0.2, 0.25) is 0 Å². The average molecular weight is 171 g/mol. The predicted molar refractivity (Wildman–Crippen MR) is 48.4 cm³/mol. The first kappa shape index (κ1) is 8.53. The molecule has 0 fully saturated rings. The molecule has 1 heterocycles. The Hall–Kier alpha value is -0.570. The molecular formula is C8H13NOS. The topological polar surface area (TPSA) is 14.2 Å². The summed E-state index contributed by atoms with van der Waals surface area (Å²) in [4.78, 5) is 0. The second-order valence-electron chi connectivity index (χ2n) is 2.18. The monoisotopic (exact) mass is 171 g/mol. The van der Waals surface area contributed by atoms with E-state index in [1.54, 1.807) is 18.9 Å². The van der Waals surface area contributed by atoms with Crippen LogP contribution in [0.2, 0.25) is 0 Å². The zero-order valence-electron chi connectivity index (χ0n) is 7.13. The van der Waals surface area contributed by atoms with Crippen LogP contribution < -0.4 is 4.74 Å². The maximum atomic E-state index is 5.18. The van der Waals surface area contributed by atoms with E-state index in [1.807, 2.05) is 12.3 Å². The van der Waals surface area contributed by atoms with Crippen molar-refractivity contribution in [3.05, 3.63) is 12.3 Å². The van der Waals surface area contributed by atoms with E-state index < -0.39 is 0 Å². The van der Waals surface area contributed by atoms with Crippen LogP contribution in [0.3, 0.4) is 0 Å². The van der Waals surface area contributed by atoms with E-state index >= 15 is 0 Å². The molecule has 0 saturated heterocycles. The summed E-state index contributed by atoms with van der Waals surface area (Å²) in [5.74, 6) is 0.972. The van der Waals surface area contributed by atoms with E-state index in [-0.39, 0.29) is 0 Å². The predicted octanol–water partition coefficient (Wildman–Crippen LogP) is 2.24. The first-order valence-electron chi connectivity index (χ1n) is 3.60. The van der Waals surface area contributed by atoms with E-state index in [4.69, 9.17) is 4.74 Å². The van der Waals surface area contributed by atoms with Crippen molar-refractivity contribution in [2.75, 3.05) is 13.4 Å².